The normalized spacial score (nSPS) is 12.6. The molecule has 0 unspecified atom stereocenters. The van der Waals surface area contributed by atoms with Crippen molar-refractivity contribution in [2.24, 2.45) is 0 Å². The van der Waals surface area contributed by atoms with Gasteiger partial charge in [-0.3, -0.25) is 24.6 Å². The van der Waals surface area contributed by atoms with Gasteiger partial charge in [0.25, 0.3) is 17.7 Å². The highest BCUT2D eigenvalue weighted by Gasteiger charge is 2.35. The summed E-state index contributed by atoms with van der Waals surface area (Å²) in [7, 11) is 0. The van der Waals surface area contributed by atoms with E-state index in [1.807, 2.05) is 36.4 Å². The van der Waals surface area contributed by atoms with E-state index in [9.17, 15) is 14.4 Å². The summed E-state index contributed by atoms with van der Waals surface area (Å²) < 4.78 is 0. The number of carbonyl (C=O) groups excluding carboxylic acids is 3. The molecule has 5 rings (SSSR count). The first-order valence-electron chi connectivity index (χ1n) is 10.8. The molecule has 178 valence electrons. The van der Waals surface area contributed by atoms with E-state index in [0.717, 1.165) is 15.3 Å². The minimum absolute atomic E-state index is 0.0998. The number of fused-ring (bicyclic) bond motifs is 1. The van der Waals surface area contributed by atoms with Crippen LogP contribution in [0.25, 0.3) is 21.7 Å². The summed E-state index contributed by atoms with van der Waals surface area (Å²) in [5.41, 5.74) is 2.72. The van der Waals surface area contributed by atoms with E-state index in [0.29, 0.717) is 26.4 Å². The van der Waals surface area contributed by atoms with Crippen LogP contribution in [-0.2, 0) is 0 Å². The fourth-order valence-corrected chi connectivity index (χ4v) is 5.46. The number of thiazole rings is 1. The lowest BCUT2D eigenvalue weighted by Crippen LogP contribution is -2.29. The lowest BCUT2D eigenvalue weighted by molar-refractivity contribution is 0.0672. The summed E-state index contributed by atoms with van der Waals surface area (Å²) in [5.74, 6) is -1.33. The molecule has 1 aliphatic heterocycles. The SMILES string of the molecule is C=CCN1C(=O)c2ccc(C(=O)Nc3nc(-c4ccccc4Cl)c(-c4ccccc4Cl)s3)cc2C1=O. The zero-order chi connectivity index (χ0) is 25.4. The van der Waals surface area contributed by atoms with E-state index in [4.69, 9.17) is 23.2 Å². The first kappa shape index (κ1) is 23.9. The third-order valence-electron chi connectivity index (χ3n) is 5.64. The topological polar surface area (TPSA) is 79.4 Å². The summed E-state index contributed by atoms with van der Waals surface area (Å²) in [5, 5.41) is 4.20. The average molecular weight is 534 g/mol. The zero-order valence-electron chi connectivity index (χ0n) is 18.6. The van der Waals surface area contributed by atoms with Crippen molar-refractivity contribution in [1.82, 2.24) is 9.88 Å². The maximum absolute atomic E-state index is 13.1. The van der Waals surface area contributed by atoms with Gasteiger partial charge in [0.1, 0.15) is 0 Å². The predicted molar refractivity (Wildman–Crippen MR) is 143 cm³/mol. The quantitative estimate of drug-likeness (QED) is 0.218. The van der Waals surface area contributed by atoms with Crippen LogP contribution in [0.3, 0.4) is 0 Å². The van der Waals surface area contributed by atoms with Gasteiger partial charge >= 0.3 is 0 Å². The van der Waals surface area contributed by atoms with E-state index in [-0.39, 0.29) is 23.2 Å². The number of benzene rings is 3. The van der Waals surface area contributed by atoms with Gasteiger partial charge in [0, 0.05) is 28.3 Å². The standard InChI is InChI=1S/C27H17Cl2N3O3S/c1-2-13-32-25(34)16-12-11-15(14-19(16)26(32)35)24(33)31-27-30-22(17-7-3-5-9-20(17)28)23(36-27)18-8-4-6-10-21(18)29/h2-12,14H,1,13H2,(H,30,31,33). The van der Waals surface area contributed by atoms with Crippen molar-refractivity contribution in [3.63, 3.8) is 0 Å². The summed E-state index contributed by atoms with van der Waals surface area (Å²) in [6, 6.07) is 19.1. The lowest BCUT2D eigenvalue weighted by Gasteiger charge is -2.09. The molecule has 3 amide bonds. The first-order valence-corrected chi connectivity index (χ1v) is 12.4. The highest BCUT2D eigenvalue weighted by atomic mass is 35.5. The maximum atomic E-state index is 13.1. The molecule has 36 heavy (non-hydrogen) atoms. The largest absolute Gasteiger partial charge is 0.298 e. The minimum atomic E-state index is -0.467. The van der Waals surface area contributed by atoms with Crippen LogP contribution in [0.1, 0.15) is 31.1 Å². The smallest absolute Gasteiger partial charge is 0.261 e. The minimum Gasteiger partial charge on any atom is -0.298 e. The number of hydrogen-bond acceptors (Lipinski definition) is 5. The number of rotatable bonds is 6. The average Bonchev–Trinajstić information content (AvgIpc) is 3.39. The Labute approximate surface area is 220 Å². The van der Waals surface area contributed by atoms with E-state index >= 15 is 0 Å². The maximum Gasteiger partial charge on any atom is 0.261 e. The van der Waals surface area contributed by atoms with Crippen LogP contribution < -0.4 is 5.32 Å². The summed E-state index contributed by atoms with van der Waals surface area (Å²) in [4.78, 5) is 44.7. The van der Waals surface area contributed by atoms with Gasteiger partial charge in [-0.15, -0.1) is 6.58 Å². The first-order chi connectivity index (χ1) is 17.4. The van der Waals surface area contributed by atoms with Crippen molar-refractivity contribution in [2.45, 2.75) is 0 Å². The number of halogens is 2. The Kier molecular flexibility index (Phi) is 6.45. The zero-order valence-corrected chi connectivity index (χ0v) is 21.0. The summed E-state index contributed by atoms with van der Waals surface area (Å²) in [6.07, 6.45) is 1.48. The molecule has 0 spiro atoms. The second-order valence-corrected chi connectivity index (χ2v) is 9.69. The van der Waals surface area contributed by atoms with Crippen LogP contribution in [0.15, 0.2) is 79.4 Å². The Bertz CT molecular complexity index is 1500. The molecule has 6 nitrogen and oxygen atoms in total. The van der Waals surface area contributed by atoms with Gasteiger partial charge in [-0.05, 0) is 30.3 Å². The van der Waals surface area contributed by atoms with Gasteiger partial charge in [0.05, 0.1) is 26.7 Å². The fraction of sp³-hybridized carbons (Fsp3) is 0.0370. The van der Waals surface area contributed by atoms with Gasteiger partial charge in [-0.2, -0.15) is 0 Å². The lowest BCUT2D eigenvalue weighted by atomic mass is 10.1. The van der Waals surface area contributed by atoms with E-state index < -0.39 is 17.7 Å². The van der Waals surface area contributed by atoms with Crippen molar-refractivity contribution < 1.29 is 14.4 Å². The van der Waals surface area contributed by atoms with Crippen molar-refractivity contribution in [3.8, 4) is 21.7 Å². The number of anilines is 1. The molecule has 1 aliphatic rings. The number of nitrogens with zero attached hydrogens (tertiary/aromatic N) is 2. The van der Waals surface area contributed by atoms with Crippen LogP contribution in [0, 0.1) is 0 Å². The second kappa shape index (κ2) is 9.70. The molecule has 0 atom stereocenters. The molecular weight excluding hydrogens is 517 g/mol. The third kappa shape index (κ3) is 4.22. The van der Waals surface area contributed by atoms with Gasteiger partial charge < -0.3 is 0 Å². The van der Waals surface area contributed by atoms with E-state index in [2.05, 4.69) is 16.9 Å². The Morgan fingerprint density at radius 3 is 2.22 bits per heavy atom. The molecule has 0 saturated heterocycles. The monoisotopic (exact) mass is 533 g/mol. The predicted octanol–water partition coefficient (Wildman–Crippen LogP) is 6.82. The molecule has 1 N–H and O–H groups in total. The molecule has 0 fully saturated rings. The van der Waals surface area contributed by atoms with Crippen molar-refractivity contribution >= 4 is 57.4 Å². The number of carbonyl (C=O) groups is 3. The molecule has 1 aromatic heterocycles. The van der Waals surface area contributed by atoms with Crippen LogP contribution in [0.4, 0.5) is 5.13 Å². The van der Waals surface area contributed by atoms with Crippen LogP contribution >= 0.6 is 34.5 Å². The molecule has 0 saturated carbocycles. The van der Waals surface area contributed by atoms with E-state index in [1.54, 1.807) is 12.1 Å². The Hall–Kier alpha value is -3.78. The van der Waals surface area contributed by atoms with Crippen LogP contribution in [0.2, 0.25) is 10.0 Å². The van der Waals surface area contributed by atoms with Crippen molar-refractivity contribution in [3.05, 3.63) is 106 Å². The molecule has 9 heteroatoms. The van der Waals surface area contributed by atoms with Crippen LogP contribution in [0.5, 0.6) is 0 Å². The van der Waals surface area contributed by atoms with Gasteiger partial charge in [-0.1, -0.05) is 77.0 Å². The third-order valence-corrected chi connectivity index (χ3v) is 7.30. The van der Waals surface area contributed by atoms with E-state index in [1.165, 1.54) is 35.6 Å². The highest BCUT2D eigenvalue weighted by Crippen LogP contribution is 2.43. The molecule has 3 aromatic carbocycles. The highest BCUT2D eigenvalue weighted by molar-refractivity contribution is 7.19. The molecule has 0 bridgehead atoms. The van der Waals surface area contributed by atoms with Gasteiger partial charge in [0.2, 0.25) is 0 Å². The number of imide groups is 1. The Morgan fingerprint density at radius 1 is 0.917 bits per heavy atom. The molecule has 0 aliphatic carbocycles. The number of hydrogen-bond donors (Lipinski definition) is 1. The fourth-order valence-electron chi connectivity index (χ4n) is 3.93. The Balaban J connectivity index is 1.50. The van der Waals surface area contributed by atoms with Gasteiger partial charge in [0.15, 0.2) is 5.13 Å². The molecule has 0 radical (unpaired) electrons. The van der Waals surface area contributed by atoms with Crippen molar-refractivity contribution in [1.29, 1.82) is 0 Å². The Morgan fingerprint density at radius 2 is 1.56 bits per heavy atom. The number of amides is 3. The molecule has 2 heterocycles. The number of nitrogens with one attached hydrogen (secondary N) is 1. The molecular formula is C27H17Cl2N3O3S. The van der Waals surface area contributed by atoms with Crippen LogP contribution in [-0.4, -0.2) is 34.2 Å². The second-order valence-electron chi connectivity index (χ2n) is 7.88. The van der Waals surface area contributed by atoms with Crippen molar-refractivity contribution in [2.75, 3.05) is 11.9 Å². The summed E-state index contributed by atoms with van der Waals surface area (Å²) >= 11 is 14.2. The number of aromatic nitrogens is 1. The molecule has 4 aromatic rings. The summed E-state index contributed by atoms with van der Waals surface area (Å²) in [6.45, 7) is 3.68. The van der Waals surface area contributed by atoms with Gasteiger partial charge in [-0.25, -0.2) is 4.98 Å².